The Morgan fingerprint density at radius 3 is 0.852 bits per heavy atom. The average molecular weight is 411 g/mol. The molecule has 0 bridgehead atoms. The third-order valence-corrected chi connectivity index (χ3v) is 8.55. The van der Waals surface area contributed by atoms with Crippen LogP contribution < -0.4 is 15.9 Å². The zero-order valence-corrected chi connectivity index (χ0v) is 15.7. The minimum Gasteiger partial charge on any atom is -0.269 e. The highest BCUT2D eigenvalue weighted by molar-refractivity contribution is 7.95. The van der Waals surface area contributed by atoms with Crippen molar-refractivity contribution in [3.8, 4) is 0 Å². The summed E-state index contributed by atoms with van der Waals surface area (Å²) in [6.45, 7) is 2.32. The van der Waals surface area contributed by atoms with Crippen molar-refractivity contribution in [2.45, 2.75) is 6.92 Å². The zero-order chi connectivity index (χ0) is 14.5. The smallest absolute Gasteiger partial charge is 0.111 e. The fraction of sp³-hybridized carbons (Fsp3) is 0.100. The van der Waals surface area contributed by atoms with E-state index in [0.717, 1.165) is 6.16 Å². The lowest BCUT2D eigenvalue weighted by atomic mass is 10.4. The highest BCUT2D eigenvalue weighted by Gasteiger charge is 2.43. The number of hydrogen-bond donors (Lipinski definition) is 0. The molecule has 27 heavy (non-hydrogen) atoms. The van der Waals surface area contributed by atoms with Crippen LogP contribution in [-0.2, 0) is 0 Å². The van der Waals surface area contributed by atoms with Crippen molar-refractivity contribution in [1.29, 1.82) is 0 Å². The molecule has 0 nitrogen and oxygen atoms in total. The third-order valence-electron chi connectivity index (χ3n) is 4.07. The van der Waals surface area contributed by atoms with Crippen molar-refractivity contribution in [2.75, 3.05) is 6.16 Å². The predicted octanol–water partition coefficient (Wildman–Crippen LogP) is 4.92. The monoisotopic (exact) mass is 411 g/mol. The Morgan fingerprint density at radius 1 is 0.444 bits per heavy atom. The summed E-state index contributed by atoms with van der Waals surface area (Å²) >= 11 is 0. The summed E-state index contributed by atoms with van der Waals surface area (Å²) in [7, 11) is -1.53. The Balaban J connectivity index is -0.000000441. The van der Waals surface area contributed by atoms with Gasteiger partial charge in [0, 0.05) is 0 Å². The van der Waals surface area contributed by atoms with Gasteiger partial charge in [0.25, 0.3) is 0 Å². The van der Waals surface area contributed by atoms with Gasteiger partial charge >= 0.3 is 0 Å². The molecule has 3 aromatic carbocycles. The van der Waals surface area contributed by atoms with Crippen LogP contribution >= 0.6 is 7.26 Å². The van der Waals surface area contributed by atoms with Crippen molar-refractivity contribution >= 4 is 23.2 Å². The first-order chi connectivity index (χ1) is 10.4. The van der Waals surface area contributed by atoms with E-state index in [1.54, 1.807) is 0 Å². The molecule has 0 N–H and O–H groups in total. The fourth-order valence-corrected chi connectivity index (χ4v) is 7.08. The molecule has 0 aliphatic heterocycles. The van der Waals surface area contributed by atoms with Crippen LogP contribution in [-0.4, -0.2) is 6.16 Å². The van der Waals surface area contributed by atoms with Crippen molar-refractivity contribution in [2.24, 2.45) is 0 Å². The van der Waals surface area contributed by atoms with Gasteiger partial charge in [0.05, 0.1) is 6.16 Å². The molecule has 0 fully saturated rings. The Hall–Kier alpha value is -2.33. The topological polar surface area (TPSA) is 0 Å². The summed E-state index contributed by atoms with van der Waals surface area (Å²) in [6, 6.07) is 33.0. The highest BCUT2D eigenvalue weighted by Crippen LogP contribution is 2.54. The maximum atomic E-state index is 2.32. The first-order valence-electron chi connectivity index (χ1n) is 7.43. The molecule has 0 heterocycles. The molecular formula is C20H26F6P+. The normalized spacial score (nSPS) is 8.78. The van der Waals surface area contributed by atoms with E-state index in [0.29, 0.717) is 0 Å². The van der Waals surface area contributed by atoms with E-state index in [2.05, 4.69) is 97.9 Å². The summed E-state index contributed by atoms with van der Waals surface area (Å²) in [6.07, 6.45) is 1.14. The van der Waals surface area contributed by atoms with Gasteiger partial charge in [0.1, 0.15) is 23.2 Å². The average Bonchev–Trinajstić information content (AvgIpc) is 2.59. The van der Waals surface area contributed by atoms with E-state index in [9.17, 15) is 0 Å². The molecule has 0 amide bonds. The van der Waals surface area contributed by atoms with Crippen LogP contribution in [0.3, 0.4) is 0 Å². The first kappa shape index (κ1) is 32.4. The molecule has 0 atom stereocenters. The molecule has 0 saturated heterocycles. The molecule has 0 radical (unpaired) electrons. The van der Waals surface area contributed by atoms with Gasteiger partial charge in [0.2, 0.25) is 0 Å². The van der Waals surface area contributed by atoms with E-state index in [1.165, 1.54) is 15.9 Å². The Labute approximate surface area is 156 Å². The largest absolute Gasteiger partial charge is 0.269 e. The summed E-state index contributed by atoms with van der Waals surface area (Å²) in [4.78, 5) is 0. The van der Waals surface area contributed by atoms with E-state index in [4.69, 9.17) is 0 Å². The number of benzene rings is 3. The van der Waals surface area contributed by atoms with Crippen molar-refractivity contribution < 1.29 is 28.2 Å². The molecule has 0 spiro atoms. The molecule has 7 heteroatoms. The molecule has 0 aromatic heterocycles. The van der Waals surface area contributed by atoms with Crippen molar-refractivity contribution in [1.82, 2.24) is 0 Å². The maximum Gasteiger partial charge on any atom is 0.111 e. The van der Waals surface area contributed by atoms with Gasteiger partial charge in [-0.2, -0.15) is 0 Å². The number of halogens is 6. The van der Waals surface area contributed by atoms with Gasteiger partial charge in [-0.25, -0.2) is 0 Å². The fourth-order valence-electron chi connectivity index (χ4n) is 3.04. The minimum atomic E-state index is -1.53. The van der Waals surface area contributed by atoms with Gasteiger partial charge < -0.3 is 0 Å². The molecule has 3 aromatic rings. The molecule has 152 valence electrons. The van der Waals surface area contributed by atoms with Crippen LogP contribution in [0.4, 0.5) is 28.2 Å². The van der Waals surface area contributed by atoms with Crippen LogP contribution in [0.5, 0.6) is 0 Å². The lowest BCUT2D eigenvalue weighted by Crippen LogP contribution is -2.32. The Kier molecular flexibility index (Phi) is 17.7. The van der Waals surface area contributed by atoms with Crippen LogP contribution in [0.15, 0.2) is 91.0 Å². The summed E-state index contributed by atoms with van der Waals surface area (Å²) in [5, 5.41) is 4.39. The molecule has 0 saturated carbocycles. The van der Waals surface area contributed by atoms with E-state index in [1.807, 2.05) is 0 Å². The standard InChI is InChI=1S/C20H20P.6FH/c1-2-21(18-12-6-3-7-13-18,19-14-8-4-9-15-19)20-16-10-5-11-17-20;;;;;;/h3-17H,2H2,1H3;6*1H/q+1;;;;;;. The molecule has 0 aliphatic carbocycles. The first-order valence-corrected chi connectivity index (χ1v) is 9.40. The summed E-state index contributed by atoms with van der Waals surface area (Å²) < 4.78 is 0. The van der Waals surface area contributed by atoms with Crippen molar-refractivity contribution in [3.05, 3.63) is 91.0 Å². The second-order valence-corrected chi connectivity index (χ2v) is 8.93. The number of hydrogen-bond acceptors (Lipinski definition) is 0. The minimum absolute atomic E-state index is 0. The SMILES string of the molecule is CC[P+](c1ccccc1)(c1ccccc1)c1ccccc1.F.F.F.F.F.F. The van der Waals surface area contributed by atoms with Crippen LogP contribution in [0.25, 0.3) is 0 Å². The molecule has 0 unspecified atom stereocenters. The van der Waals surface area contributed by atoms with Gasteiger partial charge in [-0.1, -0.05) is 54.6 Å². The van der Waals surface area contributed by atoms with Gasteiger partial charge in [-0.15, -0.1) is 0 Å². The van der Waals surface area contributed by atoms with Crippen LogP contribution in [0.1, 0.15) is 6.92 Å². The molecule has 3 rings (SSSR count). The lowest BCUT2D eigenvalue weighted by molar-refractivity contribution is 1.11. The predicted molar refractivity (Wildman–Crippen MR) is 111 cm³/mol. The Bertz CT molecular complexity index is 599. The second kappa shape index (κ2) is 14.8. The van der Waals surface area contributed by atoms with Gasteiger partial charge in [0.15, 0.2) is 0 Å². The lowest BCUT2D eigenvalue weighted by Gasteiger charge is -2.26. The zero-order valence-electron chi connectivity index (χ0n) is 14.8. The second-order valence-electron chi connectivity index (χ2n) is 5.13. The molecule has 0 aliphatic rings. The summed E-state index contributed by atoms with van der Waals surface area (Å²) in [5.74, 6) is 0. The number of rotatable bonds is 4. The molecular weight excluding hydrogens is 385 g/mol. The Morgan fingerprint density at radius 2 is 0.667 bits per heavy atom. The third kappa shape index (κ3) is 6.10. The van der Waals surface area contributed by atoms with Crippen molar-refractivity contribution in [3.63, 3.8) is 0 Å². The van der Waals surface area contributed by atoms with E-state index in [-0.39, 0.29) is 28.2 Å². The van der Waals surface area contributed by atoms with E-state index >= 15 is 0 Å². The summed E-state index contributed by atoms with van der Waals surface area (Å²) in [5.41, 5.74) is 0. The van der Waals surface area contributed by atoms with Crippen LogP contribution in [0.2, 0.25) is 0 Å². The van der Waals surface area contributed by atoms with Gasteiger partial charge in [-0.05, 0) is 43.3 Å². The highest BCUT2D eigenvalue weighted by atomic mass is 31.2. The quantitative estimate of drug-likeness (QED) is 0.423. The van der Waals surface area contributed by atoms with Gasteiger partial charge in [-0.3, -0.25) is 28.2 Å². The van der Waals surface area contributed by atoms with Crippen LogP contribution in [0, 0.1) is 0 Å². The maximum absolute atomic E-state index is 2.32. The van der Waals surface area contributed by atoms with E-state index < -0.39 is 7.26 Å².